The van der Waals surface area contributed by atoms with Gasteiger partial charge in [0, 0.05) is 50.8 Å². The van der Waals surface area contributed by atoms with Crippen molar-refractivity contribution in [3.05, 3.63) is 198 Å². The highest BCUT2D eigenvalue weighted by molar-refractivity contribution is 7.00. The first-order valence-electron chi connectivity index (χ1n) is 26.6. The van der Waals surface area contributed by atoms with Crippen LogP contribution in [-0.2, 0) is 21.7 Å². The van der Waals surface area contributed by atoms with Gasteiger partial charge >= 0.3 is 0 Å². The molecule has 0 radical (unpaired) electrons. The molecule has 0 spiro atoms. The zero-order chi connectivity index (χ0) is 51.0. The zero-order valence-corrected chi connectivity index (χ0v) is 44.7. The summed E-state index contributed by atoms with van der Waals surface area (Å²) >= 11 is 0. The van der Waals surface area contributed by atoms with Crippen LogP contribution < -0.4 is 31.1 Å². The van der Waals surface area contributed by atoms with Gasteiger partial charge in [0.25, 0.3) is 6.71 Å². The van der Waals surface area contributed by atoms with Crippen LogP contribution in [0.15, 0.2) is 170 Å². The van der Waals surface area contributed by atoms with Crippen molar-refractivity contribution in [1.29, 1.82) is 5.26 Å². The summed E-state index contributed by atoms with van der Waals surface area (Å²) in [4.78, 5) is 7.87. The van der Waals surface area contributed by atoms with Gasteiger partial charge in [0.2, 0.25) is 0 Å². The van der Waals surface area contributed by atoms with Gasteiger partial charge < -0.3 is 14.7 Å². The summed E-state index contributed by atoms with van der Waals surface area (Å²) in [5.74, 6) is 0. The monoisotopic (exact) mass is 951 g/mol. The number of rotatable bonds is 5. The van der Waals surface area contributed by atoms with Crippen LogP contribution in [0.5, 0.6) is 0 Å². The zero-order valence-electron chi connectivity index (χ0n) is 44.7. The Hall–Kier alpha value is -7.29. The number of benzene rings is 8. The largest absolute Gasteiger partial charge is 0.334 e. The van der Waals surface area contributed by atoms with Crippen LogP contribution in [0.25, 0.3) is 22.3 Å². The van der Waals surface area contributed by atoms with E-state index in [0.29, 0.717) is 0 Å². The van der Waals surface area contributed by atoms with Crippen molar-refractivity contribution in [3.8, 4) is 28.3 Å². The van der Waals surface area contributed by atoms with E-state index in [9.17, 15) is 5.26 Å². The second-order valence-electron chi connectivity index (χ2n) is 24.9. The van der Waals surface area contributed by atoms with Crippen LogP contribution in [-0.4, -0.2) is 12.3 Å². The summed E-state index contributed by atoms with van der Waals surface area (Å²) in [6.07, 6.45) is 3.31. The molecule has 0 bridgehead atoms. The maximum Gasteiger partial charge on any atom is 0.252 e. The molecule has 2 atom stereocenters. The molecule has 8 aromatic rings. The first kappa shape index (κ1) is 46.8. The quantitative estimate of drug-likeness (QED) is 0.161. The van der Waals surface area contributed by atoms with E-state index < -0.39 is 0 Å². The molecule has 1 aliphatic carbocycles. The van der Waals surface area contributed by atoms with Crippen molar-refractivity contribution in [2.45, 2.75) is 123 Å². The smallest absolute Gasteiger partial charge is 0.252 e. The molecule has 12 rings (SSSR count). The van der Waals surface area contributed by atoms with Crippen LogP contribution in [0, 0.1) is 11.3 Å². The van der Waals surface area contributed by atoms with Gasteiger partial charge in [-0.25, -0.2) is 0 Å². The van der Waals surface area contributed by atoms with E-state index >= 15 is 0 Å². The molecular formula is C68H67BN4. The number of hydrogen-bond acceptors (Lipinski definition) is 4. The Kier molecular flexibility index (Phi) is 10.5. The van der Waals surface area contributed by atoms with Crippen molar-refractivity contribution >= 4 is 68.6 Å². The Morgan fingerprint density at radius 2 is 1.07 bits per heavy atom. The molecule has 0 amide bonds. The molecule has 8 aromatic carbocycles. The third kappa shape index (κ3) is 7.22. The van der Waals surface area contributed by atoms with E-state index in [-0.39, 0.29) is 33.9 Å². The lowest BCUT2D eigenvalue weighted by atomic mass is 9.33. The number of anilines is 8. The molecule has 73 heavy (non-hydrogen) atoms. The number of fused-ring (bicyclic) bond motifs is 7. The van der Waals surface area contributed by atoms with E-state index in [0.717, 1.165) is 30.5 Å². The minimum atomic E-state index is -0.171. The van der Waals surface area contributed by atoms with Gasteiger partial charge in [0.1, 0.15) is 0 Å². The SMILES string of the molecule is CC(C)(C)c1ccc(N2c3cc(N4c5ccc(C#N)cc5C5(C)CCCC45C)ccc3B3c4cc(-c5ccccc5)ccc4N(c4ccc(C(C)(C)C)cc4-c4ccccc4)c4cc(C(C)(C)C)cc2c43)cc1. The minimum Gasteiger partial charge on any atom is -0.334 e. The summed E-state index contributed by atoms with van der Waals surface area (Å²) < 4.78 is 0. The molecule has 0 saturated heterocycles. The predicted molar refractivity (Wildman–Crippen MR) is 310 cm³/mol. The van der Waals surface area contributed by atoms with E-state index in [1.165, 1.54) is 101 Å². The predicted octanol–water partition coefficient (Wildman–Crippen LogP) is 16.2. The summed E-state index contributed by atoms with van der Waals surface area (Å²) in [5.41, 5.74) is 23.7. The third-order valence-corrected chi connectivity index (χ3v) is 17.4. The lowest BCUT2D eigenvalue weighted by molar-refractivity contribution is 0.330. The summed E-state index contributed by atoms with van der Waals surface area (Å²) in [6, 6.07) is 67.1. The van der Waals surface area contributed by atoms with Crippen molar-refractivity contribution in [2.24, 2.45) is 0 Å². The Bertz CT molecular complexity index is 3550. The summed E-state index contributed by atoms with van der Waals surface area (Å²) in [6.45, 7) is 25.8. The van der Waals surface area contributed by atoms with Crippen LogP contribution in [0.1, 0.15) is 123 Å². The van der Waals surface area contributed by atoms with Gasteiger partial charge in [0.05, 0.1) is 22.9 Å². The highest BCUT2D eigenvalue weighted by atomic mass is 15.3. The second kappa shape index (κ2) is 16.4. The van der Waals surface area contributed by atoms with Crippen molar-refractivity contribution < 1.29 is 0 Å². The average Bonchev–Trinajstić information content (AvgIpc) is 3.79. The average molecular weight is 951 g/mol. The van der Waals surface area contributed by atoms with E-state index in [1.54, 1.807) is 0 Å². The standard InChI is InChI=1S/C68H67BN4/c1-64(2,3)48-25-28-51(29-26-48)71-60-42-52(73-58-32-23-44(43-70)37-54(58)67(10)35-18-36-68(67,73)11)30-31-55(60)69-56-38-47(45-19-14-12-15-20-45)24-33-59(56)72(62-41-50(66(7,8)9)40-61(71)63(62)69)57-34-27-49(65(4,5)6)39-53(57)46-21-16-13-17-22-46/h12-17,19-34,37-42H,18,35-36H2,1-11H3. The van der Waals surface area contributed by atoms with Gasteiger partial charge in [-0.3, -0.25) is 0 Å². The summed E-state index contributed by atoms with van der Waals surface area (Å²) in [7, 11) is 0. The molecule has 4 nitrogen and oxygen atoms in total. The van der Waals surface area contributed by atoms with Gasteiger partial charge in [-0.1, -0.05) is 173 Å². The topological polar surface area (TPSA) is 33.5 Å². The molecule has 0 aromatic heterocycles. The third-order valence-electron chi connectivity index (χ3n) is 17.4. The molecule has 4 aliphatic rings. The van der Waals surface area contributed by atoms with Crippen molar-refractivity contribution in [2.75, 3.05) is 14.7 Å². The fourth-order valence-electron chi connectivity index (χ4n) is 13.1. The van der Waals surface area contributed by atoms with Gasteiger partial charge in [0.15, 0.2) is 0 Å². The Balaban J connectivity index is 1.18. The van der Waals surface area contributed by atoms with E-state index in [2.05, 4.69) is 261 Å². The number of hydrogen-bond donors (Lipinski definition) is 0. The highest BCUT2D eigenvalue weighted by Crippen LogP contribution is 2.63. The normalized spacial score (nSPS) is 18.7. The second-order valence-corrected chi connectivity index (χ2v) is 24.9. The van der Waals surface area contributed by atoms with Crippen molar-refractivity contribution in [3.63, 3.8) is 0 Å². The number of nitriles is 1. The molecule has 1 fully saturated rings. The number of nitrogens with zero attached hydrogens (tertiary/aromatic N) is 4. The molecule has 5 heteroatoms. The lowest BCUT2D eigenvalue weighted by Gasteiger charge is -2.46. The van der Waals surface area contributed by atoms with Crippen LogP contribution in [0.2, 0.25) is 0 Å². The van der Waals surface area contributed by atoms with Crippen molar-refractivity contribution in [1.82, 2.24) is 0 Å². The molecule has 3 heterocycles. The molecule has 1 saturated carbocycles. The minimum absolute atomic E-state index is 0.000476. The van der Waals surface area contributed by atoms with Crippen LogP contribution >= 0.6 is 0 Å². The van der Waals surface area contributed by atoms with E-state index in [1.807, 2.05) is 6.07 Å². The molecule has 2 unspecified atom stereocenters. The van der Waals surface area contributed by atoms with Crippen LogP contribution in [0.4, 0.5) is 45.5 Å². The van der Waals surface area contributed by atoms with E-state index in [4.69, 9.17) is 0 Å². The fraction of sp³-hybridized carbons (Fsp3) is 0.279. The Labute approximate surface area is 435 Å². The fourth-order valence-corrected chi connectivity index (χ4v) is 13.1. The highest BCUT2D eigenvalue weighted by Gasteiger charge is 2.59. The maximum absolute atomic E-state index is 10.2. The van der Waals surface area contributed by atoms with Gasteiger partial charge in [-0.2, -0.15) is 5.26 Å². The Morgan fingerprint density at radius 1 is 0.466 bits per heavy atom. The summed E-state index contributed by atoms with van der Waals surface area (Å²) in [5, 5.41) is 10.2. The van der Waals surface area contributed by atoms with Gasteiger partial charge in [-0.05, 0) is 164 Å². The lowest BCUT2D eigenvalue weighted by Crippen LogP contribution is -2.61. The first-order chi connectivity index (χ1) is 34.8. The Morgan fingerprint density at radius 3 is 1.73 bits per heavy atom. The molecular weight excluding hydrogens is 884 g/mol. The van der Waals surface area contributed by atoms with Gasteiger partial charge in [-0.15, -0.1) is 0 Å². The first-order valence-corrected chi connectivity index (χ1v) is 26.6. The maximum atomic E-state index is 10.2. The molecule has 3 aliphatic heterocycles. The molecule has 362 valence electrons. The molecule has 0 N–H and O–H groups in total. The van der Waals surface area contributed by atoms with Crippen LogP contribution in [0.3, 0.4) is 0 Å².